The molecule has 1 heterocycles. The second-order valence-electron chi connectivity index (χ2n) is 3.89. The van der Waals surface area contributed by atoms with Gasteiger partial charge in [-0.3, -0.25) is 9.69 Å². The molecule has 1 saturated heterocycles. The van der Waals surface area contributed by atoms with Crippen LogP contribution in [0.25, 0.3) is 0 Å². The van der Waals surface area contributed by atoms with E-state index in [0.29, 0.717) is 19.6 Å². The molecule has 0 radical (unpaired) electrons. The Balaban J connectivity index is 2.23. The molecule has 1 atom stereocenters. The maximum atomic E-state index is 11.4. The fourth-order valence-electron chi connectivity index (χ4n) is 1.76. The first-order valence-corrected chi connectivity index (χ1v) is 5.70. The van der Waals surface area contributed by atoms with Gasteiger partial charge >= 0.3 is 0 Å². The number of nitrogens with one attached hydrogen (secondary N) is 1. The van der Waals surface area contributed by atoms with Gasteiger partial charge in [-0.25, -0.2) is 0 Å². The summed E-state index contributed by atoms with van der Waals surface area (Å²) in [5.41, 5.74) is 0. The minimum absolute atomic E-state index is 0.0540. The number of hydrogen-bond acceptors (Lipinski definition) is 4. The molecule has 5 heteroatoms. The molecule has 0 aliphatic carbocycles. The van der Waals surface area contributed by atoms with Crippen molar-refractivity contribution in [3.63, 3.8) is 0 Å². The van der Waals surface area contributed by atoms with E-state index in [0.717, 1.165) is 25.9 Å². The Morgan fingerprint density at radius 3 is 3.12 bits per heavy atom. The lowest BCUT2D eigenvalue weighted by molar-refractivity contribution is -0.138. The van der Waals surface area contributed by atoms with Gasteiger partial charge in [0.15, 0.2) is 0 Å². The third-order valence-electron chi connectivity index (χ3n) is 2.70. The second kappa shape index (κ2) is 7.20. The SMILES string of the molecule is CNC(=O)C1CN(CCCCC#N)CCO1. The van der Waals surface area contributed by atoms with Crippen LogP contribution in [0.1, 0.15) is 19.3 Å². The molecule has 0 saturated carbocycles. The molecule has 0 aromatic carbocycles. The van der Waals surface area contributed by atoms with Crippen LogP contribution in [0.15, 0.2) is 0 Å². The van der Waals surface area contributed by atoms with E-state index in [4.69, 9.17) is 10.00 Å². The van der Waals surface area contributed by atoms with Crippen LogP contribution < -0.4 is 5.32 Å². The highest BCUT2D eigenvalue weighted by Gasteiger charge is 2.25. The molecule has 16 heavy (non-hydrogen) atoms. The average Bonchev–Trinajstić information content (AvgIpc) is 2.34. The Kier molecular flexibility index (Phi) is 5.83. The lowest BCUT2D eigenvalue weighted by atomic mass is 10.2. The van der Waals surface area contributed by atoms with E-state index in [1.165, 1.54) is 0 Å². The van der Waals surface area contributed by atoms with Crippen LogP contribution >= 0.6 is 0 Å². The maximum absolute atomic E-state index is 11.4. The number of morpholine rings is 1. The van der Waals surface area contributed by atoms with Crippen molar-refractivity contribution >= 4 is 5.91 Å². The third-order valence-corrected chi connectivity index (χ3v) is 2.70. The van der Waals surface area contributed by atoms with Crippen LogP contribution in [-0.4, -0.2) is 50.2 Å². The number of unbranched alkanes of at least 4 members (excludes halogenated alkanes) is 2. The molecule has 1 fully saturated rings. The summed E-state index contributed by atoms with van der Waals surface area (Å²) in [6.07, 6.45) is 2.21. The van der Waals surface area contributed by atoms with Crippen LogP contribution in [0.5, 0.6) is 0 Å². The summed E-state index contributed by atoms with van der Waals surface area (Å²) in [4.78, 5) is 13.6. The summed E-state index contributed by atoms with van der Waals surface area (Å²) in [6.45, 7) is 3.08. The van der Waals surface area contributed by atoms with Crippen molar-refractivity contribution in [2.24, 2.45) is 0 Å². The predicted molar refractivity (Wildman–Crippen MR) is 59.7 cm³/mol. The molecule has 1 amide bonds. The molecule has 5 nitrogen and oxygen atoms in total. The average molecular weight is 225 g/mol. The Morgan fingerprint density at radius 1 is 1.62 bits per heavy atom. The number of amides is 1. The fraction of sp³-hybridized carbons (Fsp3) is 0.818. The summed E-state index contributed by atoms with van der Waals surface area (Å²) in [7, 11) is 1.62. The topological polar surface area (TPSA) is 65.4 Å². The normalized spacial score (nSPS) is 21.4. The molecule has 0 spiro atoms. The number of likely N-dealkylation sites (N-methyl/N-ethyl adjacent to an activating group) is 1. The standard InChI is InChI=1S/C11H19N3O2/c1-13-11(15)10-9-14(7-8-16-10)6-4-2-3-5-12/h10H,2-4,6-9H2,1H3,(H,13,15). The molecule has 1 aliphatic rings. The smallest absolute Gasteiger partial charge is 0.250 e. The Bertz CT molecular complexity index is 262. The van der Waals surface area contributed by atoms with Crippen molar-refractivity contribution in [3.8, 4) is 6.07 Å². The van der Waals surface area contributed by atoms with E-state index in [1.807, 2.05) is 0 Å². The first-order valence-electron chi connectivity index (χ1n) is 5.70. The molecule has 1 unspecified atom stereocenters. The maximum Gasteiger partial charge on any atom is 0.250 e. The van der Waals surface area contributed by atoms with Crippen LogP contribution in [0.3, 0.4) is 0 Å². The van der Waals surface area contributed by atoms with Crippen LogP contribution in [0.2, 0.25) is 0 Å². The lowest BCUT2D eigenvalue weighted by Gasteiger charge is -2.31. The number of carbonyl (C=O) groups is 1. The van der Waals surface area contributed by atoms with Crippen LogP contribution in [0, 0.1) is 11.3 Å². The van der Waals surface area contributed by atoms with E-state index >= 15 is 0 Å². The Hall–Kier alpha value is -1.12. The molecule has 0 aromatic heterocycles. The van der Waals surface area contributed by atoms with Crippen molar-refractivity contribution in [3.05, 3.63) is 0 Å². The molecule has 0 aromatic rings. The molecule has 1 N–H and O–H groups in total. The molecule has 1 aliphatic heterocycles. The minimum atomic E-state index is -0.338. The Labute approximate surface area is 96.4 Å². The van der Waals surface area contributed by atoms with Crippen LogP contribution in [0.4, 0.5) is 0 Å². The summed E-state index contributed by atoms with van der Waals surface area (Å²) in [5.74, 6) is -0.0540. The van der Waals surface area contributed by atoms with Gasteiger partial charge in [-0.15, -0.1) is 0 Å². The van der Waals surface area contributed by atoms with Crippen molar-refractivity contribution < 1.29 is 9.53 Å². The van der Waals surface area contributed by atoms with Gasteiger partial charge in [0.2, 0.25) is 5.91 Å². The van der Waals surface area contributed by atoms with Crippen molar-refractivity contribution in [1.82, 2.24) is 10.2 Å². The van der Waals surface area contributed by atoms with E-state index < -0.39 is 0 Å². The van der Waals surface area contributed by atoms with Crippen LogP contribution in [-0.2, 0) is 9.53 Å². The van der Waals surface area contributed by atoms with Gasteiger partial charge in [-0.05, 0) is 19.4 Å². The second-order valence-corrected chi connectivity index (χ2v) is 3.89. The van der Waals surface area contributed by atoms with E-state index in [2.05, 4.69) is 16.3 Å². The zero-order chi connectivity index (χ0) is 11.8. The van der Waals surface area contributed by atoms with E-state index in [-0.39, 0.29) is 12.0 Å². The van der Waals surface area contributed by atoms with Gasteiger partial charge in [-0.2, -0.15) is 5.26 Å². The number of nitrogens with zero attached hydrogens (tertiary/aromatic N) is 2. The minimum Gasteiger partial charge on any atom is -0.366 e. The molecular weight excluding hydrogens is 206 g/mol. The predicted octanol–water partition coefficient (Wildman–Crippen LogP) is 0.127. The van der Waals surface area contributed by atoms with Gasteiger partial charge in [-0.1, -0.05) is 0 Å². The van der Waals surface area contributed by atoms with Gasteiger partial charge in [0.05, 0.1) is 12.7 Å². The number of hydrogen-bond donors (Lipinski definition) is 1. The zero-order valence-corrected chi connectivity index (χ0v) is 9.74. The first-order chi connectivity index (χ1) is 7.77. The lowest BCUT2D eigenvalue weighted by Crippen LogP contribution is -2.49. The van der Waals surface area contributed by atoms with Crippen molar-refractivity contribution in [2.45, 2.75) is 25.4 Å². The molecular formula is C11H19N3O2. The summed E-state index contributed by atoms with van der Waals surface area (Å²) < 4.78 is 5.38. The summed E-state index contributed by atoms with van der Waals surface area (Å²) in [6, 6.07) is 2.13. The highest BCUT2D eigenvalue weighted by atomic mass is 16.5. The number of nitriles is 1. The van der Waals surface area contributed by atoms with Crippen molar-refractivity contribution in [2.75, 3.05) is 33.3 Å². The summed E-state index contributed by atoms with van der Waals surface area (Å²) >= 11 is 0. The summed E-state index contributed by atoms with van der Waals surface area (Å²) in [5, 5.41) is 11.0. The first kappa shape index (κ1) is 12.9. The number of ether oxygens (including phenoxy) is 1. The van der Waals surface area contributed by atoms with Gasteiger partial charge in [0.1, 0.15) is 6.10 Å². The van der Waals surface area contributed by atoms with E-state index in [1.54, 1.807) is 7.05 Å². The number of rotatable bonds is 5. The number of carbonyl (C=O) groups excluding carboxylic acids is 1. The quantitative estimate of drug-likeness (QED) is 0.675. The van der Waals surface area contributed by atoms with Gasteiger partial charge < -0.3 is 10.1 Å². The fourth-order valence-corrected chi connectivity index (χ4v) is 1.76. The highest BCUT2D eigenvalue weighted by Crippen LogP contribution is 2.07. The van der Waals surface area contributed by atoms with E-state index in [9.17, 15) is 4.79 Å². The third kappa shape index (κ3) is 4.17. The van der Waals surface area contributed by atoms with Gasteiger partial charge in [0, 0.05) is 26.6 Å². The zero-order valence-electron chi connectivity index (χ0n) is 9.74. The monoisotopic (exact) mass is 225 g/mol. The van der Waals surface area contributed by atoms with Crippen molar-refractivity contribution in [1.29, 1.82) is 5.26 Å². The van der Waals surface area contributed by atoms with Gasteiger partial charge in [0.25, 0.3) is 0 Å². The highest BCUT2D eigenvalue weighted by molar-refractivity contribution is 5.80. The molecule has 1 rings (SSSR count). The Morgan fingerprint density at radius 2 is 2.44 bits per heavy atom. The largest absolute Gasteiger partial charge is 0.366 e. The molecule has 0 bridgehead atoms. The molecule has 90 valence electrons.